The molecule has 0 aliphatic carbocycles. The molecule has 0 spiro atoms. The Morgan fingerprint density at radius 3 is 2.43 bits per heavy atom. The van der Waals surface area contributed by atoms with Gasteiger partial charge in [-0.05, 0) is 25.0 Å². The van der Waals surface area contributed by atoms with E-state index in [4.69, 9.17) is 0 Å². The maximum Gasteiger partial charge on any atom is 0.319 e. The van der Waals surface area contributed by atoms with E-state index in [0.29, 0.717) is 13.1 Å². The van der Waals surface area contributed by atoms with Crippen LogP contribution in [0.2, 0.25) is 0 Å². The molecule has 0 unspecified atom stereocenters. The third-order valence-corrected chi connectivity index (χ3v) is 6.55. The number of anilines is 1. The van der Waals surface area contributed by atoms with Crippen molar-refractivity contribution in [3.05, 3.63) is 18.3 Å². The first-order valence-corrected chi connectivity index (χ1v) is 10.6. The minimum Gasteiger partial charge on any atom is -0.344 e. The minimum atomic E-state index is 0.0319. The van der Waals surface area contributed by atoms with Crippen LogP contribution in [0.1, 0.15) is 12.8 Å². The molecule has 0 N–H and O–H groups in total. The molecular weight excluding hydrogens is 376 g/mol. The van der Waals surface area contributed by atoms with Gasteiger partial charge < -0.3 is 19.6 Å². The van der Waals surface area contributed by atoms with Crippen LogP contribution in [-0.2, 0) is 4.79 Å². The maximum absolute atomic E-state index is 12.9. The van der Waals surface area contributed by atoms with Crippen LogP contribution >= 0.6 is 11.3 Å². The number of aromatic nitrogens is 2. The summed E-state index contributed by atoms with van der Waals surface area (Å²) in [7, 11) is 3.53. The molecule has 2 aliphatic rings. The normalized spacial score (nSPS) is 18.6. The lowest BCUT2D eigenvalue weighted by Crippen LogP contribution is -2.52. The monoisotopic (exact) mass is 402 g/mol. The van der Waals surface area contributed by atoms with E-state index in [0.717, 1.165) is 54.5 Å². The number of carbonyl (C=O) groups excluding carboxylic acids is 2. The molecular formula is C19H26N6O2S. The minimum absolute atomic E-state index is 0.0319. The topological polar surface area (TPSA) is 72.9 Å². The van der Waals surface area contributed by atoms with Crippen molar-refractivity contribution in [2.75, 3.05) is 58.3 Å². The summed E-state index contributed by atoms with van der Waals surface area (Å²) in [5, 5.41) is 0.983. The summed E-state index contributed by atoms with van der Waals surface area (Å²) in [5.74, 6) is 0.270. The number of piperazine rings is 1. The zero-order chi connectivity index (χ0) is 19.7. The molecule has 4 rings (SSSR count). The van der Waals surface area contributed by atoms with Gasteiger partial charge in [0.15, 0.2) is 5.13 Å². The van der Waals surface area contributed by atoms with Crippen LogP contribution in [0.5, 0.6) is 0 Å². The van der Waals surface area contributed by atoms with E-state index >= 15 is 0 Å². The second-order valence-corrected chi connectivity index (χ2v) is 8.53. The van der Waals surface area contributed by atoms with Gasteiger partial charge >= 0.3 is 6.03 Å². The first-order valence-electron chi connectivity index (χ1n) is 9.74. The van der Waals surface area contributed by atoms with Crippen LogP contribution in [0.25, 0.3) is 10.3 Å². The van der Waals surface area contributed by atoms with Crippen LogP contribution in [-0.4, -0.2) is 90.0 Å². The average molecular weight is 403 g/mol. The maximum atomic E-state index is 12.9. The highest BCUT2D eigenvalue weighted by Crippen LogP contribution is 2.28. The van der Waals surface area contributed by atoms with E-state index in [9.17, 15) is 9.59 Å². The molecule has 28 heavy (non-hydrogen) atoms. The Labute approximate surface area is 168 Å². The van der Waals surface area contributed by atoms with E-state index in [1.54, 1.807) is 36.5 Å². The molecule has 0 radical (unpaired) electrons. The number of pyridine rings is 1. The van der Waals surface area contributed by atoms with Gasteiger partial charge in [0, 0.05) is 65.5 Å². The molecule has 9 heteroatoms. The number of carbonyl (C=O) groups is 2. The van der Waals surface area contributed by atoms with Crippen molar-refractivity contribution in [3.63, 3.8) is 0 Å². The highest BCUT2D eigenvalue weighted by atomic mass is 32.1. The average Bonchev–Trinajstić information content (AvgIpc) is 3.17. The number of amides is 3. The third kappa shape index (κ3) is 3.76. The molecule has 2 fully saturated rings. The van der Waals surface area contributed by atoms with Gasteiger partial charge in [0.05, 0.1) is 0 Å². The first kappa shape index (κ1) is 18.9. The predicted octanol–water partition coefficient (Wildman–Crippen LogP) is 1.73. The third-order valence-electron chi connectivity index (χ3n) is 5.51. The molecule has 8 nitrogen and oxygen atoms in total. The predicted molar refractivity (Wildman–Crippen MR) is 110 cm³/mol. The lowest BCUT2D eigenvalue weighted by molar-refractivity contribution is -0.137. The molecule has 0 bridgehead atoms. The molecule has 2 saturated heterocycles. The van der Waals surface area contributed by atoms with E-state index in [-0.39, 0.29) is 17.9 Å². The van der Waals surface area contributed by atoms with Crippen molar-refractivity contribution in [1.82, 2.24) is 24.7 Å². The van der Waals surface area contributed by atoms with Crippen LogP contribution in [0.15, 0.2) is 18.3 Å². The van der Waals surface area contributed by atoms with E-state index in [2.05, 4.69) is 14.9 Å². The van der Waals surface area contributed by atoms with Crippen LogP contribution < -0.4 is 4.90 Å². The summed E-state index contributed by atoms with van der Waals surface area (Å²) in [6.07, 6.45) is 3.29. The zero-order valence-corrected chi connectivity index (χ0v) is 17.2. The standard InChI is InChI=1S/C19H26N6O2S/c1-22(2)19(27)25-8-5-14(6-9-25)17(26)23-10-12-24(13-11-23)18-21-15-4-3-7-20-16(15)28-18/h3-4,7,14H,5-6,8-13H2,1-2H3. The lowest BCUT2D eigenvalue weighted by Gasteiger charge is -2.38. The van der Waals surface area contributed by atoms with Gasteiger partial charge in [0.1, 0.15) is 10.3 Å². The quantitative estimate of drug-likeness (QED) is 0.765. The summed E-state index contributed by atoms with van der Waals surface area (Å²) in [5.41, 5.74) is 0.931. The van der Waals surface area contributed by atoms with Crippen molar-refractivity contribution in [3.8, 4) is 0 Å². The fourth-order valence-corrected chi connectivity index (χ4v) is 4.83. The van der Waals surface area contributed by atoms with Gasteiger partial charge in [-0.1, -0.05) is 11.3 Å². The fraction of sp³-hybridized carbons (Fsp3) is 0.579. The van der Waals surface area contributed by atoms with Gasteiger partial charge in [-0.25, -0.2) is 14.8 Å². The van der Waals surface area contributed by atoms with Crippen molar-refractivity contribution >= 4 is 38.8 Å². The second kappa shape index (κ2) is 7.90. The fourth-order valence-electron chi connectivity index (χ4n) is 3.87. The molecule has 2 aromatic heterocycles. The van der Waals surface area contributed by atoms with Gasteiger partial charge in [0.25, 0.3) is 0 Å². The number of urea groups is 1. The van der Waals surface area contributed by atoms with Crippen LogP contribution in [0.3, 0.4) is 0 Å². The molecule has 4 heterocycles. The lowest BCUT2D eigenvalue weighted by atomic mass is 9.95. The number of fused-ring (bicyclic) bond motifs is 1. The number of piperidine rings is 1. The summed E-state index contributed by atoms with van der Waals surface area (Å²) < 4.78 is 0. The Balaban J connectivity index is 1.30. The Morgan fingerprint density at radius 2 is 1.79 bits per heavy atom. The number of hydrogen-bond donors (Lipinski definition) is 0. The smallest absolute Gasteiger partial charge is 0.319 e. The molecule has 2 aliphatic heterocycles. The van der Waals surface area contributed by atoms with Gasteiger partial charge in [0.2, 0.25) is 5.91 Å². The molecule has 3 amide bonds. The number of nitrogens with zero attached hydrogens (tertiary/aromatic N) is 6. The number of hydrogen-bond acceptors (Lipinski definition) is 6. The Kier molecular flexibility index (Phi) is 5.34. The summed E-state index contributed by atoms with van der Waals surface area (Å²) in [4.78, 5) is 42.6. The van der Waals surface area contributed by atoms with Crippen molar-refractivity contribution in [2.24, 2.45) is 5.92 Å². The Morgan fingerprint density at radius 1 is 1.07 bits per heavy atom. The summed E-state index contributed by atoms with van der Waals surface area (Å²) >= 11 is 1.61. The molecule has 0 saturated carbocycles. The van der Waals surface area contributed by atoms with E-state index < -0.39 is 0 Å². The zero-order valence-electron chi connectivity index (χ0n) is 16.4. The van der Waals surface area contributed by atoms with Gasteiger partial charge in [-0.3, -0.25) is 4.79 Å². The highest BCUT2D eigenvalue weighted by molar-refractivity contribution is 7.21. The molecule has 0 atom stereocenters. The van der Waals surface area contributed by atoms with Crippen LogP contribution in [0.4, 0.5) is 9.93 Å². The van der Waals surface area contributed by atoms with Crippen LogP contribution in [0, 0.1) is 5.92 Å². The van der Waals surface area contributed by atoms with E-state index in [1.807, 2.05) is 21.9 Å². The molecule has 0 aromatic carbocycles. The first-order chi connectivity index (χ1) is 13.5. The number of thiazole rings is 1. The molecule has 2 aromatic rings. The summed E-state index contributed by atoms with van der Waals surface area (Å²) in [6, 6.07) is 3.92. The SMILES string of the molecule is CN(C)C(=O)N1CCC(C(=O)N2CCN(c3nc4cccnc4s3)CC2)CC1. The van der Waals surface area contributed by atoms with Crippen molar-refractivity contribution in [2.45, 2.75) is 12.8 Å². The Bertz CT molecular complexity index is 820. The number of likely N-dealkylation sites (tertiary alicyclic amines) is 1. The molecule has 150 valence electrons. The Hall–Kier alpha value is -2.42. The van der Waals surface area contributed by atoms with Crippen molar-refractivity contribution in [1.29, 1.82) is 0 Å². The van der Waals surface area contributed by atoms with Gasteiger partial charge in [-0.2, -0.15) is 0 Å². The van der Waals surface area contributed by atoms with E-state index in [1.165, 1.54) is 0 Å². The second-order valence-electron chi connectivity index (χ2n) is 7.57. The van der Waals surface area contributed by atoms with Gasteiger partial charge in [-0.15, -0.1) is 0 Å². The summed E-state index contributed by atoms with van der Waals surface area (Å²) in [6.45, 7) is 4.35. The van der Waals surface area contributed by atoms with Crippen molar-refractivity contribution < 1.29 is 9.59 Å². The largest absolute Gasteiger partial charge is 0.344 e. The number of rotatable bonds is 2. The highest BCUT2D eigenvalue weighted by Gasteiger charge is 2.32.